The van der Waals surface area contributed by atoms with Crippen LogP contribution in [-0.4, -0.2) is 109 Å². The molecule has 2 saturated heterocycles. The first-order valence-electron chi connectivity index (χ1n) is 22.8. The summed E-state index contributed by atoms with van der Waals surface area (Å²) in [5, 5.41) is 28.3. The van der Waals surface area contributed by atoms with Gasteiger partial charge in [0.15, 0.2) is 0 Å². The van der Waals surface area contributed by atoms with Crippen LogP contribution in [0.4, 0.5) is 20.2 Å². The van der Waals surface area contributed by atoms with E-state index in [9.17, 15) is 18.7 Å². The van der Waals surface area contributed by atoms with Crippen LogP contribution in [0.1, 0.15) is 37.4 Å². The van der Waals surface area contributed by atoms with Crippen LogP contribution in [0.15, 0.2) is 134 Å². The fraction of sp³-hybridized carbons (Fsp3) is 0.333. The maximum atomic E-state index is 14.1. The molecule has 3 atom stereocenters. The molecule has 10 rings (SSSR count). The molecule has 2 aliphatic heterocycles. The number of aromatic nitrogens is 12. The molecular formula is C48H50Cl2F2N14O5. The lowest BCUT2D eigenvalue weighted by Gasteiger charge is -2.37. The standard InChI is InChI=1S/C35H38Cl2N8O4.C13H12F2N6O/c1-3-25(2)45-34(46)44(24-40-45)29-7-5-27(6-8-29)41-14-16-42(17-15-41)28-9-11-30(12-10-28)47-19-31-20-48-35(49-31,21-43-23-38-22-39-43)32-13-4-26(36)18-33(32)37;14-10-1-2-11(12(15)3-10)13(22,4-20-8-16-6-18-20)5-21-9-17-7-19-21/h4-13,18,22-25,31H,3,14-17,19-21H2,1-2H3;1-3,6-9,22H,4-5H2. The van der Waals surface area contributed by atoms with Crippen molar-refractivity contribution in [1.29, 1.82) is 0 Å². The van der Waals surface area contributed by atoms with E-state index in [0.29, 0.717) is 28.8 Å². The van der Waals surface area contributed by atoms with Gasteiger partial charge >= 0.3 is 5.69 Å². The largest absolute Gasteiger partial charge is 0.491 e. The van der Waals surface area contributed by atoms with Gasteiger partial charge in [-0.05, 0) is 80.1 Å². The van der Waals surface area contributed by atoms with Crippen LogP contribution in [0.3, 0.4) is 0 Å². The minimum Gasteiger partial charge on any atom is -0.491 e. The van der Waals surface area contributed by atoms with Crippen molar-refractivity contribution < 1.29 is 28.1 Å². The summed E-state index contributed by atoms with van der Waals surface area (Å²) < 4.78 is 53.6. The third-order valence-electron chi connectivity index (χ3n) is 12.4. The number of rotatable bonds is 16. The third-order valence-corrected chi connectivity index (χ3v) is 12.9. The third kappa shape index (κ3) is 11.3. The summed E-state index contributed by atoms with van der Waals surface area (Å²) in [6.45, 7) is 8.33. The molecule has 4 aromatic heterocycles. The number of piperazine rings is 1. The first kappa shape index (κ1) is 49.0. The Kier molecular flexibility index (Phi) is 14.8. The van der Waals surface area contributed by atoms with Gasteiger partial charge in [-0.3, -0.25) is 0 Å². The summed E-state index contributed by atoms with van der Waals surface area (Å²) in [6.07, 6.45) is 10.6. The lowest BCUT2D eigenvalue weighted by molar-refractivity contribution is -0.190. The predicted molar refractivity (Wildman–Crippen MR) is 258 cm³/mol. The van der Waals surface area contributed by atoms with Crippen molar-refractivity contribution in [2.45, 2.75) is 63.4 Å². The van der Waals surface area contributed by atoms with E-state index in [4.69, 9.17) is 37.4 Å². The number of anilines is 2. The molecule has 0 radical (unpaired) electrons. The molecule has 4 aromatic carbocycles. The first-order chi connectivity index (χ1) is 34.4. The topological polar surface area (TPSA) is 186 Å². The molecule has 6 heterocycles. The highest BCUT2D eigenvalue weighted by molar-refractivity contribution is 6.35. The number of hydrogen-bond acceptors (Lipinski definition) is 14. The first-order valence-corrected chi connectivity index (χ1v) is 23.6. The lowest BCUT2D eigenvalue weighted by Crippen LogP contribution is -2.46. The van der Waals surface area contributed by atoms with Gasteiger partial charge in [-0.2, -0.15) is 20.4 Å². The average Bonchev–Trinajstić information content (AvgIpc) is 4.25. The summed E-state index contributed by atoms with van der Waals surface area (Å²) in [4.78, 5) is 29.2. The Morgan fingerprint density at radius 3 is 1.93 bits per heavy atom. The number of ether oxygens (including phenoxy) is 3. The van der Waals surface area contributed by atoms with Crippen LogP contribution >= 0.6 is 23.2 Å². The molecule has 8 aromatic rings. The highest BCUT2D eigenvalue weighted by atomic mass is 35.5. The van der Waals surface area contributed by atoms with Gasteiger partial charge < -0.3 is 29.1 Å². The van der Waals surface area contributed by atoms with E-state index in [1.165, 1.54) is 51.7 Å². The Balaban J connectivity index is 0.000000236. The summed E-state index contributed by atoms with van der Waals surface area (Å²) in [6, 6.07) is 24.6. The molecule has 19 nitrogen and oxygen atoms in total. The van der Waals surface area contributed by atoms with Crippen molar-refractivity contribution in [1.82, 2.24) is 58.6 Å². The number of benzene rings is 4. The summed E-state index contributed by atoms with van der Waals surface area (Å²) in [5.41, 5.74) is 1.89. The average molecular weight is 1010 g/mol. The fourth-order valence-corrected chi connectivity index (χ4v) is 9.04. The normalized spacial score (nSPS) is 17.5. The van der Waals surface area contributed by atoms with Gasteiger partial charge in [-0.1, -0.05) is 42.3 Å². The van der Waals surface area contributed by atoms with Crippen molar-refractivity contribution in [2.75, 3.05) is 49.2 Å². The predicted octanol–water partition coefficient (Wildman–Crippen LogP) is 6.31. The summed E-state index contributed by atoms with van der Waals surface area (Å²) in [5.74, 6) is -1.97. The number of nitrogens with zero attached hydrogens (tertiary/aromatic N) is 14. The molecule has 23 heteroatoms. The summed E-state index contributed by atoms with van der Waals surface area (Å²) in [7, 11) is 0. The summed E-state index contributed by atoms with van der Waals surface area (Å²) >= 11 is 12.7. The van der Waals surface area contributed by atoms with Gasteiger partial charge in [0, 0.05) is 59.8 Å². The minimum absolute atomic E-state index is 0.0556. The molecule has 0 aliphatic carbocycles. The van der Waals surface area contributed by atoms with Crippen molar-refractivity contribution in [2.24, 2.45) is 0 Å². The zero-order chi connectivity index (χ0) is 49.5. The zero-order valence-corrected chi connectivity index (χ0v) is 40.2. The number of aliphatic hydroxyl groups is 1. The molecule has 0 amide bonds. The zero-order valence-electron chi connectivity index (χ0n) is 38.7. The van der Waals surface area contributed by atoms with Gasteiger partial charge in [0.25, 0.3) is 0 Å². The van der Waals surface area contributed by atoms with Crippen molar-refractivity contribution in [3.63, 3.8) is 0 Å². The van der Waals surface area contributed by atoms with E-state index in [0.717, 1.165) is 67.5 Å². The maximum absolute atomic E-state index is 14.1. The molecule has 0 saturated carbocycles. The lowest BCUT2D eigenvalue weighted by atomic mass is 9.93. The van der Waals surface area contributed by atoms with E-state index >= 15 is 0 Å². The Labute approximate surface area is 416 Å². The van der Waals surface area contributed by atoms with Crippen molar-refractivity contribution in [3.8, 4) is 11.4 Å². The molecule has 0 spiro atoms. The monoisotopic (exact) mass is 1010 g/mol. The van der Waals surface area contributed by atoms with E-state index in [1.807, 2.05) is 44.2 Å². The second-order valence-corrected chi connectivity index (χ2v) is 18.0. The maximum Gasteiger partial charge on any atom is 0.350 e. The van der Waals surface area contributed by atoms with Crippen molar-refractivity contribution >= 4 is 34.6 Å². The molecule has 1 N–H and O–H groups in total. The molecule has 3 unspecified atom stereocenters. The van der Waals surface area contributed by atoms with Crippen LogP contribution in [-0.2, 0) is 40.5 Å². The number of halogens is 4. The smallest absolute Gasteiger partial charge is 0.350 e. The van der Waals surface area contributed by atoms with E-state index in [-0.39, 0.29) is 43.0 Å². The van der Waals surface area contributed by atoms with Gasteiger partial charge in [-0.15, -0.1) is 0 Å². The van der Waals surface area contributed by atoms with Gasteiger partial charge in [-0.25, -0.2) is 51.8 Å². The molecule has 2 aliphatic rings. The van der Waals surface area contributed by atoms with E-state index in [2.05, 4.69) is 69.4 Å². The van der Waals surface area contributed by atoms with Crippen LogP contribution in [0, 0.1) is 11.6 Å². The molecular weight excluding hydrogens is 962 g/mol. The molecule has 71 heavy (non-hydrogen) atoms. The Morgan fingerprint density at radius 2 is 1.37 bits per heavy atom. The van der Waals surface area contributed by atoms with Gasteiger partial charge in [0.1, 0.15) is 86.5 Å². The van der Waals surface area contributed by atoms with Crippen LogP contribution in [0.25, 0.3) is 5.69 Å². The van der Waals surface area contributed by atoms with Crippen molar-refractivity contribution in [3.05, 3.63) is 173 Å². The van der Waals surface area contributed by atoms with Crippen LogP contribution < -0.4 is 20.2 Å². The van der Waals surface area contributed by atoms with Crippen LogP contribution in [0.2, 0.25) is 10.0 Å². The quantitative estimate of drug-likeness (QED) is 0.113. The Bertz CT molecular complexity index is 2990. The fourth-order valence-electron chi connectivity index (χ4n) is 8.49. The molecule has 0 bridgehead atoms. The van der Waals surface area contributed by atoms with E-state index < -0.39 is 23.0 Å². The molecule has 2 fully saturated rings. The van der Waals surface area contributed by atoms with E-state index in [1.54, 1.807) is 34.0 Å². The second kappa shape index (κ2) is 21.5. The highest BCUT2D eigenvalue weighted by Gasteiger charge is 2.46. The van der Waals surface area contributed by atoms with Crippen LogP contribution in [0.5, 0.6) is 5.75 Å². The van der Waals surface area contributed by atoms with Gasteiger partial charge in [0.05, 0.1) is 36.4 Å². The SMILES string of the molecule is CCC(C)n1ncn(-c2ccc(N3CCN(c4ccc(OCC5COC(Cn6cncn6)(c6ccc(Cl)cc6Cl)O5)cc4)CC3)cc2)c1=O.OC(Cn1cncn1)(Cn1cncn1)c1ccc(F)cc1F. The minimum atomic E-state index is -1.70. The molecule has 370 valence electrons. The van der Waals surface area contributed by atoms with Gasteiger partial charge in [0.2, 0.25) is 5.79 Å². The second-order valence-electron chi connectivity index (χ2n) is 17.1. The number of hydrogen-bond donors (Lipinski definition) is 1. The Hall–Kier alpha value is -7.04. The Morgan fingerprint density at radius 1 is 0.775 bits per heavy atom. The highest BCUT2D eigenvalue weighted by Crippen LogP contribution is 2.41.